The highest BCUT2D eigenvalue weighted by Crippen LogP contribution is 2.26. The van der Waals surface area contributed by atoms with Gasteiger partial charge in [0.1, 0.15) is 11.3 Å². The topological polar surface area (TPSA) is 80.5 Å². The fourth-order valence-corrected chi connectivity index (χ4v) is 2.89. The minimum atomic E-state index is -0.516. The normalized spacial score (nSPS) is 17.1. The molecular weight excluding hydrogens is 314 g/mol. The van der Waals surface area contributed by atoms with Crippen LogP contribution in [-0.4, -0.2) is 26.3 Å². The van der Waals surface area contributed by atoms with E-state index in [4.69, 9.17) is 0 Å². The number of fused-ring (bicyclic) bond motifs is 1. The van der Waals surface area contributed by atoms with Crippen LogP contribution in [0.15, 0.2) is 29.4 Å². The van der Waals surface area contributed by atoms with Gasteiger partial charge in [0, 0.05) is 11.6 Å². The van der Waals surface area contributed by atoms with E-state index < -0.39 is 11.3 Å². The predicted octanol–water partition coefficient (Wildman–Crippen LogP) is 2.89. The molecule has 0 atom stereocenters. The SMILES string of the molecule is CC(C)(C)C(=O)c1cnc2ccc(C=C3SC(=O)NC3=O)cn12. The summed E-state index contributed by atoms with van der Waals surface area (Å²) in [6, 6.07) is 3.56. The van der Waals surface area contributed by atoms with Gasteiger partial charge >= 0.3 is 0 Å². The van der Waals surface area contributed by atoms with E-state index in [2.05, 4.69) is 10.3 Å². The lowest BCUT2D eigenvalue weighted by Gasteiger charge is -2.15. The van der Waals surface area contributed by atoms with Gasteiger partial charge in [-0.05, 0) is 35.5 Å². The van der Waals surface area contributed by atoms with Crippen LogP contribution in [-0.2, 0) is 4.79 Å². The number of ketones is 1. The van der Waals surface area contributed by atoms with Gasteiger partial charge in [-0.1, -0.05) is 20.8 Å². The Balaban J connectivity index is 2.05. The molecule has 1 aliphatic heterocycles. The zero-order valence-electron chi connectivity index (χ0n) is 12.9. The average molecular weight is 329 g/mol. The molecule has 2 aromatic rings. The number of imidazole rings is 1. The van der Waals surface area contributed by atoms with Crippen molar-refractivity contribution < 1.29 is 14.4 Å². The molecule has 2 aromatic heterocycles. The maximum atomic E-state index is 12.5. The standard InChI is InChI=1S/C16H15N3O3S/c1-16(2,3)13(20)10-7-17-12-5-4-9(8-19(10)12)6-11-14(21)18-15(22)23-11/h4-8H,1-3H3,(H,18,21,22). The molecule has 1 aliphatic rings. The molecule has 118 valence electrons. The Hall–Kier alpha value is -2.41. The molecule has 2 amide bonds. The molecule has 0 bridgehead atoms. The first-order valence-electron chi connectivity index (χ1n) is 7.02. The second-order valence-corrected chi connectivity index (χ2v) is 7.28. The van der Waals surface area contributed by atoms with Crippen molar-refractivity contribution in [1.29, 1.82) is 0 Å². The monoisotopic (exact) mass is 329 g/mol. The number of Topliss-reactive ketones (excluding diaryl/α,β-unsaturated/α-hetero) is 1. The van der Waals surface area contributed by atoms with Gasteiger partial charge < -0.3 is 0 Å². The number of amides is 2. The van der Waals surface area contributed by atoms with Crippen LogP contribution in [0.4, 0.5) is 4.79 Å². The van der Waals surface area contributed by atoms with Gasteiger partial charge in [-0.15, -0.1) is 0 Å². The summed E-state index contributed by atoms with van der Waals surface area (Å²) in [5.41, 5.74) is 1.34. The van der Waals surface area contributed by atoms with Crippen molar-refractivity contribution in [1.82, 2.24) is 14.7 Å². The van der Waals surface area contributed by atoms with Crippen LogP contribution in [0.25, 0.3) is 11.7 Å². The number of aromatic nitrogens is 2. The summed E-state index contributed by atoms with van der Waals surface area (Å²) < 4.78 is 1.71. The molecule has 1 saturated heterocycles. The second-order valence-electron chi connectivity index (χ2n) is 6.27. The van der Waals surface area contributed by atoms with Gasteiger partial charge in [0.15, 0.2) is 5.78 Å². The number of carbonyl (C=O) groups is 3. The highest BCUT2D eigenvalue weighted by atomic mass is 32.2. The molecule has 0 aromatic carbocycles. The van der Waals surface area contributed by atoms with E-state index in [1.54, 1.807) is 35.0 Å². The lowest BCUT2D eigenvalue weighted by atomic mass is 9.89. The van der Waals surface area contributed by atoms with E-state index in [-0.39, 0.29) is 11.0 Å². The summed E-state index contributed by atoms with van der Waals surface area (Å²) in [5.74, 6) is -0.422. The summed E-state index contributed by atoms with van der Waals surface area (Å²) >= 11 is 0.860. The quantitative estimate of drug-likeness (QED) is 0.677. The first-order chi connectivity index (χ1) is 10.8. The summed E-state index contributed by atoms with van der Waals surface area (Å²) in [6.07, 6.45) is 4.92. The van der Waals surface area contributed by atoms with Crippen molar-refractivity contribution in [3.8, 4) is 0 Å². The van der Waals surface area contributed by atoms with Crippen LogP contribution >= 0.6 is 11.8 Å². The van der Waals surface area contributed by atoms with Crippen LogP contribution in [0.2, 0.25) is 0 Å². The number of carbonyl (C=O) groups excluding carboxylic acids is 3. The van der Waals surface area contributed by atoms with Crippen molar-refractivity contribution in [3.05, 3.63) is 40.7 Å². The van der Waals surface area contributed by atoms with E-state index in [0.717, 1.165) is 11.8 Å². The van der Waals surface area contributed by atoms with Crippen molar-refractivity contribution in [2.45, 2.75) is 20.8 Å². The van der Waals surface area contributed by atoms with Crippen LogP contribution in [0.1, 0.15) is 36.8 Å². The van der Waals surface area contributed by atoms with Crippen LogP contribution in [0.5, 0.6) is 0 Å². The number of rotatable bonds is 2. The van der Waals surface area contributed by atoms with Gasteiger partial charge in [0.05, 0.1) is 11.1 Å². The zero-order valence-corrected chi connectivity index (χ0v) is 13.7. The fourth-order valence-electron chi connectivity index (χ4n) is 2.21. The number of nitrogens with one attached hydrogen (secondary N) is 1. The van der Waals surface area contributed by atoms with Crippen molar-refractivity contribution in [3.63, 3.8) is 0 Å². The lowest BCUT2D eigenvalue weighted by molar-refractivity contribution is -0.115. The molecule has 1 fully saturated rings. The van der Waals surface area contributed by atoms with E-state index in [1.807, 2.05) is 20.8 Å². The third-order valence-electron chi connectivity index (χ3n) is 3.38. The van der Waals surface area contributed by atoms with Gasteiger partial charge in [-0.25, -0.2) is 4.98 Å². The molecular formula is C16H15N3O3S. The summed E-state index contributed by atoms with van der Waals surface area (Å²) in [6.45, 7) is 5.56. The van der Waals surface area contributed by atoms with E-state index in [1.165, 1.54) is 0 Å². The Bertz CT molecular complexity index is 874. The Labute approximate surface area is 137 Å². The molecule has 6 nitrogen and oxygen atoms in total. The first-order valence-corrected chi connectivity index (χ1v) is 7.84. The maximum Gasteiger partial charge on any atom is 0.290 e. The van der Waals surface area contributed by atoms with Gasteiger partial charge in [0.25, 0.3) is 11.1 Å². The second kappa shape index (κ2) is 5.34. The molecule has 1 N–H and O–H groups in total. The molecule has 0 saturated carbocycles. The van der Waals surface area contributed by atoms with Crippen LogP contribution in [0.3, 0.4) is 0 Å². The van der Waals surface area contributed by atoms with Crippen LogP contribution < -0.4 is 5.32 Å². The van der Waals surface area contributed by atoms with E-state index >= 15 is 0 Å². The zero-order chi connectivity index (χ0) is 16.8. The third kappa shape index (κ3) is 2.92. The van der Waals surface area contributed by atoms with E-state index in [0.29, 0.717) is 21.8 Å². The Morgan fingerprint density at radius 3 is 2.65 bits per heavy atom. The first kappa shape index (κ1) is 15.5. The Kier molecular flexibility index (Phi) is 3.60. The number of nitrogens with zero attached hydrogens (tertiary/aromatic N) is 2. The number of thioether (sulfide) groups is 1. The molecule has 7 heteroatoms. The highest BCUT2D eigenvalue weighted by molar-refractivity contribution is 8.18. The van der Waals surface area contributed by atoms with Gasteiger partial charge in [-0.3, -0.25) is 24.1 Å². The number of pyridine rings is 1. The molecule has 0 aliphatic carbocycles. The molecule has 3 heterocycles. The average Bonchev–Trinajstić information content (AvgIpc) is 3.00. The third-order valence-corrected chi connectivity index (χ3v) is 4.19. The van der Waals surface area contributed by atoms with Crippen LogP contribution in [0, 0.1) is 5.41 Å². The van der Waals surface area contributed by atoms with Gasteiger partial charge in [-0.2, -0.15) is 0 Å². The molecule has 0 unspecified atom stereocenters. The molecule has 0 spiro atoms. The Morgan fingerprint density at radius 2 is 2.04 bits per heavy atom. The smallest absolute Gasteiger partial charge is 0.290 e. The number of hydrogen-bond donors (Lipinski definition) is 1. The molecule has 0 radical (unpaired) electrons. The number of hydrogen-bond acceptors (Lipinski definition) is 5. The largest absolute Gasteiger partial charge is 0.296 e. The van der Waals surface area contributed by atoms with Gasteiger partial charge in [0.2, 0.25) is 0 Å². The maximum absolute atomic E-state index is 12.5. The number of imide groups is 1. The van der Waals surface area contributed by atoms with Crippen molar-refractivity contribution >= 4 is 40.4 Å². The Morgan fingerprint density at radius 1 is 1.30 bits per heavy atom. The minimum Gasteiger partial charge on any atom is -0.296 e. The molecule has 23 heavy (non-hydrogen) atoms. The minimum absolute atomic E-state index is 0.0158. The van der Waals surface area contributed by atoms with E-state index in [9.17, 15) is 14.4 Å². The molecule has 3 rings (SSSR count). The summed E-state index contributed by atoms with van der Waals surface area (Å²) in [5, 5.41) is 1.83. The summed E-state index contributed by atoms with van der Waals surface area (Å²) in [4.78, 5) is 39.9. The van der Waals surface area contributed by atoms with Crippen molar-refractivity contribution in [2.75, 3.05) is 0 Å². The lowest BCUT2D eigenvalue weighted by Crippen LogP contribution is -2.21. The van der Waals surface area contributed by atoms with Crippen molar-refractivity contribution in [2.24, 2.45) is 5.41 Å². The fraction of sp³-hybridized carbons (Fsp3) is 0.250. The predicted molar refractivity (Wildman–Crippen MR) is 88.1 cm³/mol. The summed E-state index contributed by atoms with van der Waals surface area (Å²) in [7, 11) is 0. The highest BCUT2D eigenvalue weighted by Gasteiger charge is 2.27.